The van der Waals surface area contributed by atoms with Gasteiger partial charge in [0.05, 0.1) is 44.3 Å². The normalized spacial score (nSPS) is 21.6. The second kappa shape index (κ2) is 16.3. The van der Waals surface area contributed by atoms with Gasteiger partial charge in [-0.05, 0) is 48.1 Å². The zero-order valence-electron chi connectivity index (χ0n) is 24.5. The molecule has 0 spiro atoms. The Morgan fingerprint density at radius 2 is 1.75 bits per heavy atom. The van der Waals surface area contributed by atoms with Crippen LogP contribution in [-0.4, -0.2) is 90.2 Å². The summed E-state index contributed by atoms with van der Waals surface area (Å²) in [5.41, 5.74) is 4.81. The number of unbranched alkanes of at least 4 members (excludes halogenated alkanes) is 1. The Labute approximate surface area is 239 Å². The summed E-state index contributed by atoms with van der Waals surface area (Å²) in [7, 11) is 3.33. The molecule has 1 saturated heterocycles. The average Bonchev–Trinajstić information content (AvgIpc) is 2.98. The van der Waals surface area contributed by atoms with Crippen molar-refractivity contribution in [2.45, 2.75) is 63.4 Å². The van der Waals surface area contributed by atoms with E-state index in [0.717, 1.165) is 56.1 Å². The maximum atomic E-state index is 10.2. The maximum Gasteiger partial charge on any atom is 0.142 e. The molecule has 40 heavy (non-hydrogen) atoms. The van der Waals surface area contributed by atoms with Crippen molar-refractivity contribution in [2.75, 3.05) is 71.7 Å². The van der Waals surface area contributed by atoms with Crippen LogP contribution >= 0.6 is 0 Å². The monoisotopic (exact) mass is 556 g/mol. The van der Waals surface area contributed by atoms with Crippen molar-refractivity contribution in [3.05, 3.63) is 59.2 Å². The van der Waals surface area contributed by atoms with Crippen molar-refractivity contribution in [3.8, 4) is 5.75 Å². The van der Waals surface area contributed by atoms with Gasteiger partial charge in [0.1, 0.15) is 18.5 Å². The van der Waals surface area contributed by atoms with Crippen molar-refractivity contribution in [1.29, 1.82) is 0 Å². The van der Waals surface area contributed by atoms with Crippen molar-refractivity contribution >= 4 is 5.69 Å². The van der Waals surface area contributed by atoms with E-state index in [1.165, 1.54) is 24.0 Å². The molecule has 2 aliphatic heterocycles. The Morgan fingerprint density at radius 3 is 2.50 bits per heavy atom. The number of piperidine rings is 1. The summed E-state index contributed by atoms with van der Waals surface area (Å²) >= 11 is 0. The molecular formula is C32H48N2O6. The highest BCUT2D eigenvalue weighted by molar-refractivity contribution is 5.61. The molecule has 4 rings (SSSR count). The second-order valence-electron chi connectivity index (χ2n) is 10.8. The molecule has 0 saturated carbocycles. The van der Waals surface area contributed by atoms with Gasteiger partial charge in [0.2, 0.25) is 0 Å². The molecule has 2 aromatic carbocycles. The zero-order valence-corrected chi connectivity index (χ0v) is 24.5. The van der Waals surface area contributed by atoms with E-state index >= 15 is 0 Å². The van der Waals surface area contributed by atoms with Crippen LogP contribution < -0.4 is 15.0 Å². The molecule has 4 atom stereocenters. The van der Waals surface area contributed by atoms with E-state index in [4.69, 9.17) is 23.7 Å². The lowest BCUT2D eigenvalue weighted by Gasteiger charge is -2.39. The van der Waals surface area contributed by atoms with Crippen molar-refractivity contribution in [2.24, 2.45) is 0 Å². The Balaban J connectivity index is 1.48. The molecule has 2 N–H and O–H groups in total. The molecule has 0 radical (unpaired) electrons. The lowest BCUT2D eigenvalue weighted by molar-refractivity contribution is -0.0856. The van der Waals surface area contributed by atoms with Gasteiger partial charge in [0.15, 0.2) is 0 Å². The number of ether oxygens (including phenoxy) is 5. The fourth-order valence-electron chi connectivity index (χ4n) is 5.62. The van der Waals surface area contributed by atoms with Crippen molar-refractivity contribution < 1.29 is 28.8 Å². The molecule has 1 unspecified atom stereocenters. The first-order chi connectivity index (χ1) is 19.6. The van der Waals surface area contributed by atoms with Gasteiger partial charge in [-0.3, -0.25) is 0 Å². The van der Waals surface area contributed by atoms with E-state index in [2.05, 4.69) is 59.6 Å². The van der Waals surface area contributed by atoms with Crippen LogP contribution in [-0.2, 0) is 32.0 Å². The number of aryl methyl sites for hydroxylation is 1. The molecule has 0 aromatic heterocycles. The van der Waals surface area contributed by atoms with Gasteiger partial charge in [-0.1, -0.05) is 43.7 Å². The van der Waals surface area contributed by atoms with Gasteiger partial charge in [-0.25, -0.2) is 0 Å². The molecule has 2 aromatic rings. The number of methoxy groups -OCH3 is 2. The molecule has 2 aliphatic rings. The van der Waals surface area contributed by atoms with Gasteiger partial charge in [-0.2, -0.15) is 0 Å². The van der Waals surface area contributed by atoms with Crippen LogP contribution in [0.1, 0.15) is 48.8 Å². The number of aliphatic hydroxyl groups excluding tert-OH is 1. The lowest BCUT2D eigenvalue weighted by Crippen LogP contribution is -2.51. The highest BCUT2D eigenvalue weighted by Gasteiger charge is 2.36. The third-order valence-corrected chi connectivity index (χ3v) is 7.76. The highest BCUT2D eigenvalue weighted by Crippen LogP contribution is 2.34. The van der Waals surface area contributed by atoms with Crippen LogP contribution in [0.4, 0.5) is 5.69 Å². The van der Waals surface area contributed by atoms with Crippen LogP contribution in [0, 0.1) is 0 Å². The van der Waals surface area contributed by atoms with Gasteiger partial charge in [-0.15, -0.1) is 0 Å². The van der Waals surface area contributed by atoms with Crippen molar-refractivity contribution in [3.63, 3.8) is 0 Å². The van der Waals surface area contributed by atoms with E-state index in [9.17, 15) is 5.11 Å². The number of hydrogen-bond acceptors (Lipinski definition) is 8. The minimum Gasteiger partial charge on any atom is -0.490 e. The molecule has 222 valence electrons. The fraction of sp³-hybridized carbons (Fsp3) is 0.625. The minimum atomic E-state index is -0.659. The maximum absolute atomic E-state index is 10.2. The summed E-state index contributed by atoms with van der Waals surface area (Å²) in [4.78, 5) is 2.38. The number of hydrogen-bond donors (Lipinski definition) is 2. The number of aliphatic hydroxyl groups is 1. The molecule has 0 bridgehead atoms. The predicted molar refractivity (Wildman–Crippen MR) is 158 cm³/mol. The zero-order chi connectivity index (χ0) is 28.2. The first-order valence-electron chi connectivity index (χ1n) is 14.8. The van der Waals surface area contributed by atoms with E-state index in [1.807, 2.05) is 0 Å². The topological polar surface area (TPSA) is 81.7 Å². The third kappa shape index (κ3) is 8.65. The van der Waals surface area contributed by atoms with Gasteiger partial charge in [0, 0.05) is 46.4 Å². The number of nitrogens with zero attached hydrogens (tertiary/aromatic N) is 1. The van der Waals surface area contributed by atoms with Crippen LogP contribution in [0.2, 0.25) is 0 Å². The summed E-state index contributed by atoms with van der Waals surface area (Å²) in [6.07, 6.45) is 3.58. The molecule has 0 aliphatic carbocycles. The van der Waals surface area contributed by atoms with Crippen molar-refractivity contribution in [1.82, 2.24) is 5.32 Å². The van der Waals surface area contributed by atoms with Crippen LogP contribution in [0.15, 0.2) is 42.5 Å². The SMILES string of the molecule is CCCCc1ccc([C@@H]2[C@@H](OCc3ccc4c(c3)N(CCCOC)CCO4)CNC[C@H]2OCC(O)COC)cc1. The van der Waals surface area contributed by atoms with E-state index in [1.54, 1.807) is 14.2 Å². The Kier molecular flexibility index (Phi) is 12.5. The van der Waals surface area contributed by atoms with Gasteiger partial charge >= 0.3 is 0 Å². The van der Waals surface area contributed by atoms with Gasteiger partial charge < -0.3 is 39.0 Å². The largest absolute Gasteiger partial charge is 0.490 e. The van der Waals surface area contributed by atoms with Crippen LogP contribution in [0.5, 0.6) is 5.75 Å². The molecule has 8 heteroatoms. The molecular weight excluding hydrogens is 508 g/mol. The van der Waals surface area contributed by atoms with E-state index in [-0.39, 0.29) is 31.3 Å². The minimum absolute atomic E-state index is 0.0442. The average molecular weight is 557 g/mol. The highest BCUT2D eigenvalue weighted by atomic mass is 16.5. The summed E-state index contributed by atoms with van der Waals surface area (Å²) in [6.45, 7) is 7.88. The first kappa shape index (κ1) is 30.8. The lowest BCUT2D eigenvalue weighted by atomic mass is 9.84. The Bertz CT molecular complexity index is 1000. The molecule has 2 heterocycles. The summed E-state index contributed by atoms with van der Waals surface area (Å²) in [5.74, 6) is 0.971. The molecule has 0 amide bonds. The summed E-state index contributed by atoms with van der Waals surface area (Å²) in [5, 5.41) is 13.7. The second-order valence-corrected chi connectivity index (χ2v) is 10.8. The summed E-state index contributed by atoms with van der Waals surface area (Å²) < 4.78 is 29.2. The third-order valence-electron chi connectivity index (χ3n) is 7.76. The number of anilines is 1. The fourth-order valence-corrected chi connectivity index (χ4v) is 5.62. The predicted octanol–water partition coefficient (Wildman–Crippen LogP) is 3.93. The number of fused-ring (bicyclic) bond motifs is 1. The summed E-state index contributed by atoms with van der Waals surface area (Å²) in [6, 6.07) is 15.3. The number of rotatable bonds is 16. The van der Waals surface area contributed by atoms with E-state index in [0.29, 0.717) is 19.8 Å². The Morgan fingerprint density at radius 1 is 0.975 bits per heavy atom. The van der Waals surface area contributed by atoms with Gasteiger partial charge in [0.25, 0.3) is 0 Å². The van der Waals surface area contributed by atoms with Crippen LogP contribution in [0.3, 0.4) is 0 Å². The number of benzene rings is 2. The quantitative estimate of drug-likeness (QED) is 0.301. The standard InChI is InChI=1S/C32H48N2O6/c1-4-5-7-24-8-11-26(12-9-24)32-30(19-33-20-31(32)40-23-27(35)22-37-3)39-21-25-10-13-29-28(18-25)34(15-17-38-29)14-6-16-36-2/h8-13,18,27,30-33,35H,4-7,14-17,19-23H2,1-3H3/t27?,30-,31+,32+/m0/s1. The molecule has 1 fully saturated rings. The first-order valence-corrected chi connectivity index (χ1v) is 14.8. The number of nitrogens with one attached hydrogen (secondary N) is 1. The Hall–Kier alpha value is -2.20. The smallest absolute Gasteiger partial charge is 0.142 e. The molecule has 8 nitrogen and oxygen atoms in total. The van der Waals surface area contributed by atoms with Crippen LogP contribution in [0.25, 0.3) is 0 Å². The van der Waals surface area contributed by atoms with E-state index < -0.39 is 6.10 Å².